The number of nitrogens with zero attached hydrogens (tertiary/aromatic N) is 3. The first-order valence-electron chi connectivity index (χ1n) is 6.65. The number of carbonyl (C=O) groups excluding carboxylic acids is 1. The van der Waals surface area contributed by atoms with E-state index < -0.39 is 11.6 Å². The van der Waals surface area contributed by atoms with Gasteiger partial charge in [0.05, 0.1) is 12.2 Å². The third-order valence-corrected chi connectivity index (χ3v) is 2.85. The average molecular weight is 291 g/mol. The van der Waals surface area contributed by atoms with Gasteiger partial charge in [0.2, 0.25) is 0 Å². The summed E-state index contributed by atoms with van der Waals surface area (Å²) in [7, 11) is 0. The molecule has 2 aromatic rings. The van der Waals surface area contributed by atoms with Crippen LogP contribution in [0.3, 0.4) is 0 Å². The van der Waals surface area contributed by atoms with Crippen molar-refractivity contribution in [3.63, 3.8) is 0 Å². The predicted molar refractivity (Wildman–Crippen MR) is 75.4 cm³/mol. The van der Waals surface area contributed by atoms with Gasteiger partial charge in [0.15, 0.2) is 5.69 Å². The summed E-state index contributed by atoms with van der Waals surface area (Å²) in [4.78, 5) is 12.0. The molecule has 0 aliphatic heterocycles. The zero-order chi connectivity index (χ0) is 15.6. The molecule has 0 aliphatic rings. The lowest BCUT2D eigenvalue weighted by molar-refractivity contribution is 0.00619. The normalized spacial score (nSPS) is 11.5. The summed E-state index contributed by atoms with van der Waals surface area (Å²) < 4.78 is 20.4. The van der Waals surface area contributed by atoms with E-state index in [0.29, 0.717) is 11.3 Å². The van der Waals surface area contributed by atoms with E-state index in [1.54, 1.807) is 45.9 Å². The molecular formula is C15H18FN3O2. The molecule has 0 radical (unpaired) electrons. The summed E-state index contributed by atoms with van der Waals surface area (Å²) in [5.74, 6) is -0.842. The number of rotatable bonds is 3. The Bertz CT molecular complexity index is 659. The van der Waals surface area contributed by atoms with Crippen LogP contribution in [0, 0.1) is 12.7 Å². The number of ether oxygens (including phenoxy) is 1. The molecule has 0 atom stereocenters. The molecule has 0 unspecified atom stereocenters. The smallest absolute Gasteiger partial charge is 0.361 e. The Kier molecular flexibility index (Phi) is 4.06. The van der Waals surface area contributed by atoms with Crippen molar-refractivity contribution in [2.24, 2.45) is 0 Å². The molecule has 6 heteroatoms. The maximum absolute atomic E-state index is 13.6. The van der Waals surface area contributed by atoms with Crippen LogP contribution in [-0.4, -0.2) is 26.6 Å². The van der Waals surface area contributed by atoms with Crippen LogP contribution in [0.4, 0.5) is 4.39 Å². The number of hydrogen-bond acceptors (Lipinski definition) is 4. The minimum Gasteiger partial charge on any atom is -0.455 e. The van der Waals surface area contributed by atoms with Gasteiger partial charge < -0.3 is 4.74 Å². The SMILES string of the molecule is Cc1c(C(=O)OC(C)(C)C)nnn1Cc1ccccc1F. The Morgan fingerprint density at radius 3 is 2.62 bits per heavy atom. The highest BCUT2D eigenvalue weighted by molar-refractivity contribution is 5.88. The van der Waals surface area contributed by atoms with Crippen molar-refractivity contribution >= 4 is 5.97 Å². The van der Waals surface area contributed by atoms with Crippen molar-refractivity contribution in [3.05, 3.63) is 47.0 Å². The molecule has 0 fully saturated rings. The van der Waals surface area contributed by atoms with Crippen molar-refractivity contribution < 1.29 is 13.9 Å². The maximum Gasteiger partial charge on any atom is 0.361 e. The van der Waals surface area contributed by atoms with Crippen LogP contribution < -0.4 is 0 Å². The van der Waals surface area contributed by atoms with Crippen LogP contribution in [0.5, 0.6) is 0 Å². The number of halogens is 1. The molecule has 0 spiro atoms. The Morgan fingerprint density at radius 1 is 1.33 bits per heavy atom. The molecule has 0 aliphatic carbocycles. The van der Waals surface area contributed by atoms with Crippen LogP contribution in [0.1, 0.15) is 42.5 Å². The van der Waals surface area contributed by atoms with Gasteiger partial charge in [-0.05, 0) is 33.8 Å². The van der Waals surface area contributed by atoms with Gasteiger partial charge in [-0.2, -0.15) is 0 Å². The molecule has 5 nitrogen and oxygen atoms in total. The number of esters is 1. The highest BCUT2D eigenvalue weighted by Gasteiger charge is 2.23. The van der Waals surface area contributed by atoms with E-state index in [0.717, 1.165) is 0 Å². The highest BCUT2D eigenvalue weighted by atomic mass is 19.1. The number of carbonyl (C=O) groups is 1. The Morgan fingerprint density at radius 2 is 2.00 bits per heavy atom. The van der Waals surface area contributed by atoms with Crippen molar-refractivity contribution in [1.82, 2.24) is 15.0 Å². The third-order valence-electron chi connectivity index (χ3n) is 2.85. The predicted octanol–water partition coefficient (Wildman–Crippen LogP) is 2.73. The average Bonchev–Trinajstić information content (AvgIpc) is 2.72. The molecule has 0 bridgehead atoms. The zero-order valence-corrected chi connectivity index (χ0v) is 12.6. The minimum absolute atomic E-state index is 0.154. The quantitative estimate of drug-likeness (QED) is 0.816. The summed E-state index contributed by atoms with van der Waals surface area (Å²) >= 11 is 0. The fourth-order valence-electron chi connectivity index (χ4n) is 1.81. The van der Waals surface area contributed by atoms with Crippen LogP contribution in [0.25, 0.3) is 0 Å². The van der Waals surface area contributed by atoms with E-state index in [9.17, 15) is 9.18 Å². The minimum atomic E-state index is -0.598. The van der Waals surface area contributed by atoms with Gasteiger partial charge in [-0.3, -0.25) is 0 Å². The molecule has 21 heavy (non-hydrogen) atoms. The monoisotopic (exact) mass is 291 g/mol. The first-order valence-corrected chi connectivity index (χ1v) is 6.65. The maximum atomic E-state index is 13.6. The number of benzene rings is 1. The number of hydrogen-bond donors (Lipinski definition) is 0. The molecule has 1 heterocycles. The Hall–Kier alpha value is -2.24. The van der Waals surface area contributed by atoms with E-state index in [4.69, 9.17) is 4.74 Å². The second-order valence-corrected chi connectivity index (χ2v) is 5.77. The van der Waals surface area contributed by atoms with E-state index in [2.05, 4.69) is 10.3 Å². The Labute approximate surface area is 122 Å². The lowest BCUT2D eigenvalue weighted by Crippen LogP contribution is -2.24. The fraction of sp³-hybridized carbons (Fsp3) is 0.400. The molecule has 0 saturated carbocycles. The van der Waals surface area contributed by atoms with E-state index in [1.807, 2.05) is 0 Å². The van der Waals surface area contributed by atoms with Crippen LogP contribution >= 0.6 is 0 Å². The molecule has 112 valence electrons. The van der Waals surface area contributed by atoms with E-state index >= 15 is 0 Å². The summed E-state index contributed by atoms with van der Waals surface area (Å²) in [6.07, 6.45) is 0. The van der Waals surface area contributed by atoms with Gasteiger partial charge in [-0.25, -0.2) is 13.9 Å². The summed E-state index contributed by atoms with van der Waals surface area (Å²) in [6, 6.07) is 6.43. The molecule has 0 N–H and O–H groups in total. The topological polar surface area (TPSA) is 57.0 Å². The van der Waals surface area contributed by atoms with Gasteiger partial charge >= 0.3 is 5.97 Å². The van der Waals surface area contributed by atoms with Gasteiger partial charge in [0, 0.05) is 5.56 Å². The zero-order valence-electron chi connectivity index (χ0n) is 12.6. The molecule has 2 rings (SSSR count). The Balaban J connectivity index is 2.21. The van der Waals surface area contributed by atoms with Crippen LogP contribution in [0.2, 0.25) is 0 Å². The second-order valence-electron chi connectivity index (χ2n) is 5.77. The molecule has 0 saturated heterocycles. The van der Waals surface area contributed by atoms with Crippen LogP contribution in [0.15, 0.2) is 24.3 Å². The summed E-state index contributed by atoms with van der Waals surface area (Å²) in [5.41, 5.74) is 0.591. The summed E-state index contributed by atoms with van der Waals surface area (Å²) in [6.45, 7) is 7.27. The molecule has 0 amide bonds. The van der Waals surface area contributed by atoms with Crippen molar-refractivity contribution in [3.8, 4) is 0 Å². The molecular weight excluding hydrogens is 273 g/mol. The fourth-order valence-corrected chi connectivity index (χ4v) is 1.81. The lowest BCUT2D eigenvalue weighted by Gasteiger charge is -2.18. The third kappa shape index (κ3) is 3.65. The van der Waals surface area contributed by atoms with Crippen molar-refractivity contribution in [1.29, 1.82) is 0 Å². The first kappa shape index (κ1) is 15.2. The largest absolute Gasteiger partial charge is 0.455 e. The van der Waals surface area contributed by atoms with Gasteiger partial charge in [-0.1, -0.05) is 23.4 Å². The van der Waals surface area contributed by atoms with Gasteiger partial charge in [-0.15, -0.1) is 5.10 Å². The van der Waals surface area contributed by atoms with Gasteiger partial charge in [0.25, 0.3) is 0 Å². The van der Waals surface area contributed by atoms with Gasteiger partial charge in [0.1, 0.15) is 11.4 Å². The van der Waals surface area contributed by atoms with E-state index in [1.165, 1.54) is 10.7 Å². The van der Waals surface area contributed by atoms with E-state index in [-0.39, 0.29) is 18.1 Å². The highest BCUT2D eigenvalue weighted by Crippen LogP contribution is 2.15. The first-order chi connectivity index (χ1) is 9.78. The second kappa shape index (κ2) is 5.63. The molecule has 1 aromatic heterocycles. The van der Waals surface area contributed by atoms with Crippen molar-refractivity contribution in [2.75, 3.05) is 0 Å². The standard InChI is InChI=1S/C15H18FN3O2/c1-10-13(14(20)21-15(2,3)4)17-18-19(10)9-11-7-5-6-8-12(11)16/h5-8H,9H2,1-4H3. The molecule has 1 aromatic carbocycles. The summed E-state index contributed by atoms with van der Waals surface area (Å²) in [5, 5.41) is 7.74. The van der Waals surface area contributed by atoms with Crippen molar-refractivity contribution in [2.45, 2.75) is 39.8 Å². The van der Waals surface area contributed by atoms with Crippen LogP contribution in [-0.2, 0) is 11.3 Å². The lowest BCUT2D eigenvalue weighted by atomic mass is 10.2. The number of aromatic nitrogens is 3.